The van der Waals surface area contributed by atoms with Gasteiger partial charge in [0.25, 0.3) is 0 Å². The molecule has 0 aliphatic carbocycles. The van der Waals surface area contributed by atoms with Gasteiger partial charge in [0.1, 0.15) is 0 Å². The van der Waals surface area contributed by atoms with Crippen LogP contribution in [0.15, 0.2) is 48.7 Å². The summed E-state index contributed by atoms with van der Waals surface area (Å²) in [5.74, 6) is -0.909. The van der Waals surface area contributed by atoms with Gasteiger partial charge in [-0.3, -0.25) is 4.98 Å². The van der Waals surface area contributed by atoms with Crippen LogP contribution in [0, 0.1) is 0 Å². The molecule has 3 rings (SSSR count). The van der Waals surface area contributed by atoms with Gasteiger partial charge in [-0.25, -0.2) is 4.79 Å². The van der Waals surface area contributed by atoms with E-state index < -0.39 is 5.97 Å². The summed E-state index contributed by atoms with van der Waals surface area (Å²) in [5.41, 5.74) is 1.20. The molecule has 0 aliphatic heterocycles. The number of carboxylic acids is 1. The minimum atomic E-state index is -0.909. The molecule has 82 valence electrons. The average molecular weight is 223 g/mol. The van der Waals surface area contributed by atoms with Crippen molar-refractivity contribution in [2.24, 2.45) is 0 Å². The smallest absolute Gasteiger partial charge is 0.335 e. The molecule has 0 aliphatic rings. The van der Waals surface area contributed by atoms with Gasteiger partial charge in [-0.05, 0) is 23.6 Å². The SMILES string of the molecule is O=C(O)c1ccc2c(ccc3cccnc32)c1. The number of hydrogen-bond donors (Lipinski definition) is 1. The van der Waals surface area contributed by atoms with Gasteiger partial charge >= 0.3 is 5.97 Å². The molecular weight excluding hydrogens is 214 g/mol. The van der Waals surface area contributed by atoms with E-state index in [1.165, 1.54) is 0 Å². The zero-order valence-electron chi connectivity index (χ0n) is 8.92. The molecule has 3 nitrogen and oxygen atoms in total. The number of aromatic nitrogens is 1. The van der Waals surface area contributed by atoms with Gasteiger partial charge in [0.2, 0.25) is 0 Å². The molecule has 0 saturated carbocycles. The third-order valence-corrected chi connectivity index (χ3v) is 2.84. The third kappa shape index (κ3) is 1.52. The maximum atomic E-state index is 10.9. The quantitative estimate of drug-likeness (QED) is 0.645. The van der Waals surface area contributed by atoms with E-state index in [0.717, 1.165) is 21.7 Å². The Morgan fingerprint density at radius 1 is 1.06 bits per heavy atom. The van der Waals surface area contributed by atoms with Crippen LogP contribution in [0.1, 0.15) is 10.4 Å². The largest absolute Gasteiger partial charge is 0.478 e. The van der Waals surface area contributed by atoms with Crippen LogP contribution in [0.4, 0.5) is 0 Å². The maximum Gasteiger partial charge on any atom is 0.335 e. The lowest BCUT2D eigenvalue weighted by Gasteiger charge is -2.03. The molecule has 0 radical (unpaired) electrons. The monoisotopic (exact) mass is 223 g/mol. The molecule has 0 unspecified atom stereocenters. The van der Waals surface area contributed by atoms with Gasteiger partial charge in [0, 0.05) is 17.0 Å². The Hall–Kier alpha value is -2.42. The molecule has 1 N–H and O–H groups in total. The van der Waals surface area contributed by atoms with E-state index in [1.807, 2.05) is 30.3 Å². The fraction of sp³-hybridized carbons (Fsp3) is 0. The molecule has 0 saturated heterocycles. The Morgan fingerprint density at radius 3 is 2.71 bits per heavy atom. The lowest BCUT2D eigenvalue weighted by Crippen LogP contribution is -1.95. The second-order valence-electron chi connectivity index (χ2n) is 3.88. The summed E-state index contributed by atoms with van der Waals surface area (Å²) in [5, 5.41) is 11.9. The summed E-state index contributed by atoms with van der Waals surface area (Å²) >= 11 is 0. The van der Waals surface area contributed by atoms with Gasteiger partial charge in [-0.1, -0.05) is 24.3 Å². The van der Waals surface area contributed by atoms with Gasteiger partial charge in [0.15, 0.2) is 0 Å². The molecule has 0 amide bonds. The van der Waals surface area contributed by atoms with Crippen molar-refractivity contribution in [1.29, 1.82) is 0 Å². The minimum Gasteiger partial charge on any atom is -0.478 e. The average Bonchev–Trinajstić information content (AvgIpc) is 2.38. The van der Waals surface area contributed by atoms with Gasteiger partial charge in [-0.15, -0.1) is 0 Å². The fourth-order valence-corrected chi connectivity index (χ4v) is 2.01. The summed E-state index contributed by atoms with van der Waals surface area (Å²) in [6.07, 6.45) is 1.74. The summed E-state index contributed by atoms with van der Waals surface area (Å²) in [6.45, 7) is 0. The van der Waals surface area contributed by atoms with E-state index in [0.29, 0.717) is 5.56 Å². The lowest BCUT2D eigenvalue weighted by molar-refractivity contribution is 0.0697. The van der Waals surface area contributed by atoms with Crippen LogP contribution in [0.25, 0.3) is 21.7 Å². The molecule has 0 atom stereocenters. The first-order chi connectivity index (χ1) is 8.25. The van der Waals surface area contributed by atoms with Gasteiger partial charge in [0.05, 0.1) is 11.1 Å². The van der Waals surface area contributed by atoms with Crippen molar-refractivity contribution in [3.8, 4) is 0 Å². The molecule has 0 spiro atoms. The molecule has 2 aromatic carbocycles. The van der Waals surface area contributed by atoms with Crippen molar-refractivity contribution in [2.45, 2.75) is 0 Å². The van der Waals surface area contributed by atoms with Gasteiger partial charge < -0.3 is 5.11 Å². The Morgan fingerprint density at radius 2 is 1.88 bits per heavy atom. The third-order valence-electron chi connectivity index (χ3n) is 2.84. The number of rotatable bonds is 1. The zero-order chi connectivity index (χ0) is 11.8. The first kappa shape index (κ1) is 9.78. The van der Waals surface area contributed by atoms with Crippen molar-refractivity contribution >= 4 is 27.6 Å². The van der Waals surface area contributed by atoms with Crippen LogP contribution in [-0.2, 0) is 0 Å². The number of carbonyl (C=O) groups is 1. The van der Waals surface area contributed by atoms with Crippen LogP contribution in [0.5, 0.6) is 0 Å². The summed E-state index contributed by atoms with van der Waals surface area (Å²) in [7, 11) is 0. The molecule has 1 aromatic heterocycles. The van der Waals surface area contributed by atoms with E-state index >= 15 is 0 Å². The predicted molar refractivity (Wildman–Crippen MR) is 66.2 cm³/mol. The van der Waals surface area contributed by atoms with Crippen molar-refractivity contribution < 1.29 is 9.90 Å². The van der Waals surface area contributed by atoms with Crippen LogP contribution >= 0.6 is 0 Å². The lowest BCUT2D eigenvalue weighted by atomic mass is 10.0. The first-order valence-electron chi connectivity index (χ1n) is 5.26. The number of benzene rings is 2. The minimum absolute atomic E-state index is 0.299. The van der Waals surface area contributed by atoms with Crippen LogP contribution in [-0.4, -0.2) is 16.1 Å². The highest BCUT2D eigenvalue weighted by Crippen LogP contribution is 2.24. The van der Waals surface area contributed by atoms with Crippen molar-refractivity contribution in [1.82, 2.24) is 4.98 Å². The van der Waals surface area contributed by atoms with E-state index in [2.05, 4.69) is 4.98 Å². The Kier molecular flexibility index (Phi) is 2.05. The second-order valence-corrected chi connectivity index (χ2v) is 3.88. The van der Waals surface area contributed by atoms with E-state index in [-0.39, 0.29) is 0 Å². The van der Waals surface area contributed by atoms with Crippen molar-refractivity contribution in [3.63, 3.8) is 0 Å². The number of hydrogen-bond acceptors (Lipinski definition) is 2. The highest BCUT2D eigenvalue weighted by atomic mass is 16.4. The van der Waals surface area contributed by atoms with E-state index in [9.17, 15) is 4.79 Å². The molecule has 3 heteroatoms. The number of aromatic carboxylic acids is 1. The molecule has 17 heavy (non-hydrogen) atoms. The Bertz CT molecular complexity index is 734. The van der Waals surface area contributed by atoms with E-state index in [1.54, 1.807) is 18.3 Å². The highest BCUT2D eigenvalue weighted by Gasteiger charge is 2.06. The van der Waals surface area contributed by atoms with Gasteiger partial charge in [-0.2, -0.15) is 0 Å². The molecule has 1 heterocycles. The standard InChI is InChI=1S/C14H9NO2/c16-14(17)11-5-6-12-10(8-11)4-3-9-2-1-7-15-13(9)12/h1-8H,(H,16,17). The number of carboxylic acid groups (broad SMARTS) is 1. The Balaban J connectivity index is 2.41. The Labute approximate surface area is 97.3 Å². The predicted octanol–water partition coefficient (Wildman–Crippen LogP) is 3.09. The zero-order valence-corrected chi connectivity index (χ0v) is 8.92. The number of pyridine rings is 1. The molecular formula is C14H9NO2. The summed E-state index contributed by atoms with van der Waals surface area (Å²) < 4.78 is 0. The maximum absolute atomic E-state index is 10.9. The van der Waals surface area contributed by atoms with E-state index in [4.69, 9.17) is 5.11 Å². The molecule has 3 aromatic rings. The van der Waals surface area contributed by atoms with Crippen LogP contribution < -0.4 is 0 Å². The molecule has 0 bridgehead atoms. The van der Waals surface area contributed by atoms with Crippen molar-refractivity contribution in [3.05, 3.63) is 54.2 Å². The highest BCUT2D eigenvalue weighted by molar-refractivity contribution is 6.06. The number of fused-ring (bicyclic) bond motifs is 3. The first-order valence-corrected chi connectivity index (χ1v) is 5.26. The summed E-state index contributed by atoms with van der Waals surface area (Å²) in [6, 6.07) is 12.9. The number of nitrogens with zero attached hydrogens (tertiary/aromatic N) is 1. The summed E-state index contributed by atoms with van der Waals surface area (Å²) in [4.78, 5) is 15.2. The fourth-order valence-electron chi connectivity index (χ4n) is 2.01. The second kappa shape index (κ2) is 3.56. The van der Waals surface area contributed by atoms with Crippen LogP contribution in [0.3, 0.4) is 0 Å². The normalized spacial score (nSPS) is 10.8. The van der Waals surface area contributed by atoms with Crippen LogP contribution in [0.2, 0.25) is 0 Å². The topological polar surface area (TPSA) is 50.2 Å². The molecule has 0 fully saturated rings. The van der Waals surface area contributed by atoms with Crippen molar-refractivity contribution in [2.75, 3.05) is 0 Å².